The molecule has 1 atom stereocenters. The van der Waals surface area contributed by atoms with E-state index in [-0.39, 0.29) is 12.0 Å². The molecule has 5 rings (SSSR count). The van der Waals surface area contributed by atoms with Gasteiger partial charge in [0.05, 0.1) is 17.3 Å². The second-order valence-corrected chi connectivity index (χ2v) is 8.12. The molecule has 4 heterocycles. The first-order valence-corrected chi connectivity index (χ1v) is 10.8. The fraction of sp³-hybridized carbons (Fsp3) is 0.261. The van der Waals surface area contributed by atoms with Gasteiger partial charge in [0, 0.05) is 38.4 Å². The molecule has 0 amide bonds. The molecular formula is C23H24F2N8O. The third kappa shape index (κ3) is 3.94. The van der Waals surface area contributed by atoms with Gasteiger partial charge in [-0.15, -0.1) is 5.10 Å². The Balaban J connectivity index is 1.36. The predicted octanol–water partition coefficient (Wildman–Crippen LogP) is 3.31. The van der Waals surface area contributed by atoms with Gasteiger partial charge in [0.25, 0.3) is 0 Å². The van der Waals surface area contributed by atoms with Crippen LogP contribution >= 0.6 is 0 Å². The van der Waals surface area contributed by atoms with Crippen molar-refractivity contribution in [3.05, 3.63) is 60.5 Å². The molecular weight excluding hydrogens is 442 g/mol. The van der Waals surface area contributed by atoms with Crippen LogP contribution in [0.1, 0.15) is 6.42 Å². The molecule has 0 spiro atoms. The van der Waals surface area contributed by atoms with E-state index >= 15 is 0 Å². The van der Waals surface area contributed by atoms with Crippen LogP contribution in [0.5, 0.6) is 0 Å². The highest BCUT2D eigenvalue weighted by molar-refractivity contribution is 5.91. The lowest BCUT2D eigenvalue weighted by Gasteiger charge is -2.26. The molecule has 0 bridgehead atoms. The van der Waals surface area contributed by atoms with Crippen LogP contribution in [-0.4, -0.2) is 50.8 Å². The lowest BCUT2D eigenvalue weighted by atomic mass is 10.1. The molecule has 0 fully saturated rings. The Morgan fingerprint density at radius 3 is 2.76 bits per heavy atom. The van der Waals surface area contributed by atoms with Crippen LogP contribution in [0.2, 0.25) is 0 Å². The van der Waals surface area contributed by atoms with Crippen molar-refractivity contribution >= 4 is 28.3 Å². The first kappa shape index (κ1) is 21.8. The van der Waals surface area contributed by atoms with Gasteiger partial charge in [-0.3, -0.25) is 0 Å². The third-order valence-electron chi connectivity index (χ3n) is 5.90. The van der Waals surface area contributed by atoms with Crippen molar-refractivity contribution in [2.24, 2.45) is 0 Å². The van der Waals surface area contributed by atoms with Gasteiger partial charge in [0.2, 0.25) is 11.8 Å². The number of nitrogen functional groups attached to an aromatic ring is 1. The topological polar surface area (TPSA) is 102 Å². The van der Waals surface area contributed by atoms with Gasteiger partial charge >= 0.3 is 0 Å². The minimum Gasteiger partial charge on any atom is -0.461 e. The maximum atomic E-state index is 14.2. The number of aryl methyl sites for hydroxylation is 1. The Bertz CT molecular complexity index is 1440. The van der Waals surface area contributed by atoms with E-state index in [1.165, 1.54) is 16.6 Å². The van der Waals surface area contributed by atoms with Crippen molar-refractivity contribution < 1.29 is 13.2 Å². The van der Waals surface area contributed by atoms with Gasteiger partial charge in [0.15, 0.2) is 11.4 Å². The van der Waals surface area contributed by atoms with E-state index in [4.69, 9.17) is 10.2 Å². The second-order valence-electron chi connectivity index (χ2n) is 8.12. The number of hydrogen-bond donors (Lipinski definition) is 2. The van der Waals surface area contributed by atoms with E-state index in [0.29, 0.717) is 41.7 Å². The Kier molecular flexibility index (Phi) is 5.62. The van der Waals surface area contributed by atoms with E-state index < -0.39 is 11.6 Å². The Labute approximate surface area is 193 Å². The number of benzene rings is 1. The summed E-state index contributed by atoms with van der Waals surface area (Å²) in [5.74, 6) is 0.0348. The number of fused-ring (bicyclic) bond motifs is 3. The number of nitrogens with two attached hydrogens (primary N) is 1. The number of likely N-dealkylation sites (N-methyl/N-ethyl adjacent to an activating group) is 2. The molecule has 0 aliphatic heterocycles. The summed E-state index contributed by atoms with van der Waals surface area (Å²) >= 11 is 0. The number of anilines is 2. The van der Waals surface area contributed by atoms with Crippen molar-refractivity contribution in [3.63, 3.8) is 0 Å². The summed E-state index contributed by atoms with van der Waals surface area (Å²) in [5.41, 5.74) is 7.84. The second kappa shape index (κ2) is 8.75. The molecule has 0 saturated carbocycles. The molecule has 0 saturated heterocycles. The van der Waals surface area contributed by atoms with Crippen LogP contribution in [0, 0.1) is 11.6 Å². The van der Waals surface area contributed by atoms with Crippen molar-refractivity contribution in [1.29, 1.82) is 0 Å². The average Bonchev–Trinajstić information content (AvgIpc) is 3.55. The summed E-state index contributed by atoms with van der Waals surface area (Å²) in [6.45, 7) is 1.19. The number of nitrogens with zero attached hydrogens (tertiary/aromatic N) is 6. The quantitative estimate of drug-likeness (QED) is 0.362. The Morgan fingerprint density at radius 2 is 2.03 bits per heavy atom. The third-order valence-corrected chi connectivity index (χ3v) is 5.90. The van der Waals surface area contributed by atoms with Crippen LogP contribution in [0.25, 0.3) is 28.3 Å². The van der Waals surface area contributed by atoms with E-state index in [1.807, 2.05) is 23.9 Å². The molecule has 0 radical (unpaired) electrons. The van der Waals surface area contributed by atoms with Crippen LogP contribution in [0.4, 0.5) is 20.4 Å². The normalized spacial score (nSPS) is 12.6. The van der Waals surface area contributed by atoms with Gasteiger partial charge < -0.3 is 24.9 Å². The first-order valence-electron chi connectivity index (χ1n) is 10.8. The Morgan fingerprint density at radius 1 is 1.18 bits per heavy atom. The number of nitrogens with one attached hydrogen (secondary N) is 1. The lowest BCUT2D eigenvalue weighted by molar-refractivity contribution is 0.481. The maximum absolute atomic E-state index is 14.2. The van der Waals surface area contributed by atoms with Crippen molar-refractivity contribution in [2.75, 3.05) is 31.3 Å². The van der Waals surface area contributed by atoms with Crippen LogP contribution in [0.15, 0.2) is 53.3 Å². The SMILES string of the molecule is CNC(CCn1ccc2c1nc(N)n1nc(-c3ccco3)nc21)CN(C)c1ccc(F)cc1F. The van der Waals surface area contributed by atoms with Gasteiger partial charge in [-0.05, 0) is 43.8 Å². The number of aromatic nitrogens is 5. The number of rotatable bonds is 8. The average molecular weight is 466 g/mol. The Hall–Kier alpha value is -3.99. The highest BCUT2D eigenvalue weighted by atomic mass is 19.1. The zero-order valence-electron chi connectivity index (χ0n) is 18.7. The standard InChI is InChI=1S/C23H24F2N8O/c1-27-15(13-31(2)18-6-5-14(24)12-17(18)25)7-9-32-10-8-16-21(32)29-23(26)33-22(16)28-20(30-33)19-4-3-11-34-19/h3-6,8,10-12,15,27H,7,9,13H2,1-2H3,(H2,26,29). The van der Waals surface area contributed by atoms with Gasteiger partial charge in [-0.25, -0.2) is 13.8 Å². The number of furan rings is 1. The zero-order valence-corrected chi connectivity index (χ0v) is 18.7. The number of hydrogen-bond acceptors (Lipinski definition) is 7. The minimum absolute atomic E-state index is 0.0478. The molecule has 9 nitrogen and oxygen atoms in total. The van der Waals surface area contributed by atoms with Crippen molar-refractivity contribution in [3.8, 4) is 11.6 Å². The summed E-state index contributed by atoms with van der Waals surface area (Å²) < 4.78 is 36.3. The largest absolute Gasteiger partial charge is 0.461 e. The zero-order chi connectivity index (χ0) is 23.8. The fourth-order valence-corrected chi connectivity index (χ4v) is 4.10. The smallest absolute Gasteiger partial charge is 0.225 e. The highest BCUT2D eigenvalue weighted by Gasteiger charge is 2.18. The van der Waals surface area contributed by atoms with Crippen LogP contribution in [-0.2, 0) is 6.54 Å². The van der Waals surface area contributed by atoms with Gasteiger partial charge in [0.1, 0.15) is 17.3 Å². The molecule has 176 valence electrons. The summed E-state index contributed by atoms with van der Waals surface area (Å²) in [5, 5.41) is 8.52. The van der Waals surface area contributed by atoms with Gasteiger partial charge in [-0.2, -0.15) is 9.50 Å². The first-order chi connectivity index (χ1) is 16.4. The van der Waals surface area contributed by atoms with E-state index in [0.717, 1.165) is 17.9 Å². The molecule has 1 aromatic carbocycles. The van der Waals surface area contributed by atoms with Crippen molar-refractivity contribution in [2.45, 2.75) is 19.0 Å². The molecule has 0 aliphatic carbocycles. The van der Waals surface area contributed by atoms with E-state index in [2.05, 4.69) is 20.4 Å². The highest BCUT2D eigenvalue weighted by Crippen LogP contribution is 2.25. The van der Waals surface area contributed by atoms with Crippen molar-refractivity contribution in [1.82, 2.24) is 29.5 Å². The van der Waals surface area contributed by atoms with E-state index in [1.54, 1.807) is 30.3 Å². The lowest BCUT2D eigenvalue weighted by Crippen LogP contribution is -2.38. The molecule has 3 N–H and O–H groups in total. The van der Waals surface area contributed by atoms with E-state index in [9.17, 15) is 8.78 Å². The summed E-state index contributed by atoms with van der Waals surface area (Å²) in [6, 6.07) is 9.14. The van der Waals surface area contributed by atoms with Crippen LogP contribution < -0.4 is 16.0 Å². The molecule has 0 aliphatic rings. The molecule has 11 heteroatoms. The monoisotopic (exact) mass is 466 g/mol. The molecule has 34 heavy (non-hydrogen) atoms. The summed E-state index contributed by atoms with van der Waals surface area (Å²) in [6.07, 6.45) is 4.24. The summed E-state index contributed by atoms with van der Waals surface area (Å²) in [4.78, 5) is 10.9. The summed E-state index contributed by atoms with van der Waals surface area (Å²) in [7, 11) is 3.64. The molecule has 5 aromatic rings. The number of halogens is 2. The fourth-order valence-electron chi connectivity index (χ4n) is 4.10. The molecule has 1 unspecified atom stereocenters. The van der Waals surface area contributed by atoms with Crippen LogP contribution in [0.3, 0.4) is 0 Å². The minimum atomic E-state index is -0.593. The predicted molar refractivity (Wildman–Crippen MR) is 125 cm³/mol. The van der Waals surface area contributed by atoms with Gasteiger partial charge in [-0.1, -0.05) is 0 Å². The molecule has 4 aromatic heterocycles. The maximum Gasteiger partial charge on any atom is 0.225 e.